The van der Waals surface area contributed by atoms with E-state index in [1.54, 1.807) is 0 Å². The smallest absolute Gasteiger partial charge is 0.00674 e. The minimum Gasteiger partial charge on any atom is -0.330 e. The maximum atomic E-state index is 5.60. The average molecular weight is 260 g/mol. The lowest BCUT2D eigenvalue weighted by atomic mass is 9.89. The molecule has 0 saturated carbocycles. The van der Waals surface area contributed by atoms with Crippen LogP contribution in [0.2, 0.25) is 0 Å². The molecule has 2 heteroatoms. The molecule has 1 saturated heterocycles. The van der Waals surface area contributed by atoms with Crippen LogP contribution in [0.3, 0.4) is 0 Å². The van der Waals surface area contributed by atoms with Gasteiger partial charge in [-0.3, -0.25) is 0 Å². The van der Waals surface area contributed by atoms with Crippen LogP contribution in [0.5, 0.6) is 0 Å². The molecule has 2 nitrogen and oxygen atoms in total. The molecule has 0 aromatic heterocycles. The fourth-order valence-electron chi connectivity index (χ4n) is 3.14. The van der Waals surface area contributed by atoms with Gasteiger partial charge in [0.2, 0.25) is 0 Å². The number of nitrogens with two attached hydrogens (primary N) is 1. The Morgan fingerprint density at radius 1 is 1.21 bits per heavy atom. The Kier molecular flexibility index (Phi) is 5.87. The molecule has 0 radical (unpaired) electrons. The van der Waals surface area contributed by atoms with Crippen LogP contribution < -0.4 is 5.73 Å². The summed E-state index contributed by atoms with van der Waals surface area (Å²) in [4.78, 5) is 2.65. The van der Waals surface area contributed by atoms with Crippen molar-refractivity contribution < 1.29 is 0 Å². The van der Waals surface area contributed by atoms with E-state index in [0.29, 0.717) is 6.04 Å². The van der Waals surface area contributed by atoms with Gasteiger partial charge in [0.1, 0.15) is 0 Å². The van der Waals surface area contributed by atoms with Gasteiger partial charge in [-0.05, 0) is 70.1 Å². The number of piperidine rings is 1. The third-order valence-corrected chi connectivity index (χ3v) is 4.47. The molecule has 1 fully saturated rings. The van der Waals surface area contributed by atoms with Crippen molar-refractivity contribution in [2.24, 2.45) is 11.7 Å². The van der Waals surface area contributed by atoms with Gasteiger partial charge in [-0.2, -0.15) is 0 Å². The molecule has 2 N–H and O–H groups in total. The van der Waals surface area contributed by atoms with Gasteiger partial charge in [0.25, 0.3) is 0 Å². The van der Waals surface area contributed by atoms with E-state index in [4.69, 9.17) is 5.73 Å². The van der Waals surface area contributed by atoms with Crippen LogP contribution in [0.4, 0.5) is 0 Å². The predicted molar refractivity (Wildman–Crippen MR) is 82.2 cm³/mol. The summed E-state index contributed by atoms with van der Waals surface area (Å²) in [6.45, 7) is 5.72. The first kappa shape index (κ1) is 14.5. The van der Waals surface area contributed by atoms with E-state index in [-0.39, 0.29) is 0 Å². The van der Waals surface area contributed by atoms with E-state index in [1.807, 2.05) is 0 Å². The van der Waals surface area contributed by atoms with Crippen molar-refractivity contribution in [2.45, 2.75) is 45.1 Å². The molecule has 2 rings (SSSR count). The molecule has 0 spiro atoms. The van der Waals surface area contributed by atoms with Crippen LogP contribution in [0.25, 0.3) is 0 Å². The van der Waals surface area contributed by atoms with Crippen LogP contribution in [0.15, 0.2) is 30.3 Å². The molecular formula is C17H28N2. The molecule has 1 atom stereocenters. The van der Waals surface area contributed by atoms with Gasteiger partial charge in [0, 0.05) is 6.04 Å². The van der Waals surface area contributed by atoms with Crippen molar-refractivity contribution in [3.8, 4) is 0 Å². The third kappa shape index (κ3) is 4.63. The zero-order valence-corrected chi connectivity index (χ0v) is 12.2. The van der Waals surface area contributed by atoms with Gasteiger partial charge < -0.3 is 10.6 Å². The highest BCUT2D eigenvalue weighted by molar-refractivity contribution is 5.15. The van der Waals surface area contributed by atoms with Gasteiger partial charge in [-0.25, -0.2) is 0 Å². The van der Waals surface area contributed by atoms with Crippen molar-refractivity contribution in [3.05, 3.63) is 35.9 Å². The first-order valence-corrected chi connectivity index (χ1v) is 7.77. The first-order chi connectivity index (χ1) is 9.29. The summed E-state index contributed by atoms with van der Waals surface area (Å²) in [5.74, 6) is 0.875. The highest BCUT2D eigenvalue weighted by Gasteiger charge is 2.22. The second-order valence-electron chi connectivity index (χ2n) is 5.95. The molecule has 1 aliphatic rings. The SMILES string of the molecule is CC(CCCN)N1CCC(Cc2ccccc2)CC1. The van der Waals surface area contributed by atoms with Gasteiger partial charge in [0.05, 0.1) is 0 Å². The summed E-state index contributed by atoms with van der Waals surface area (Å²) in [7, 11) is 0. The summed E-state index contributed by atoms with van der Waals surface area (Å²) in [5.41, 5.74) is 7.09. The second kappa shape index (κ2) is 7.66. The molecule has 19 heavy (non-hydrogen) atoms. The van der Waals surface area contributed by atoms with E-state index >= 15 is 0 Å². The minimum atomic E-state index is 0.709. The molecule has 0 bridgehead atoms. The monoisotopic (exact) mass is 260 g/mol. The standard InChI is InChI=1S/C17H28N2/c1-15(6-5-11-18)19-12-9-17(10-13-19)14-16-7-3-2-4-8-16/h2-4,7-8,15,17H,5-6,9-14,18H2,1H3. The van der Waals surface area contributed by atoms with Crippen LogP contribution in [0.1, 0.15) is 38.2 Å². The fourth-order valence-corrected chi connectivity index (χ4v) is 3.14. The lowest BCUT2D eigenvalue weighted by Crippen LogP contribution is -2.40. The van der Waals surface area contributed by atoms with Crippen molar-refractivity contribution >= 4 is 0 Å². The van der Waals surface area contributed by atoms with E-state index in [2.05, 4.69) is 42.2 Å². The minimum absolute atomic E-state index is 0.709. The van der Waals surface area contributed by atoms with E-state index < -0.39 is 0 Å². The zero-order chi connectivity index (χ0) is 13.5. The molecule has 1 unspecified atom stereocenters. The van der Waals surface area contributed by atoms with Gasteiger partial charge in [-0.15, -0.1) is 0 Å². The number of benzene rings is 1. The summed E-state index contributed by atoms with van der Waals surface area (Å²) in [6.07, 6.45) is 6.36. The molecule has 1 aromatic rings. The molecule has 1 heterocycles. The third-order valence-electron chi connectivity index (χ3n) is 4.47. The number of hydrogen-bond donors (Lipinski definition) is 1. The quantitative estimate of drug-likeness (QED) is 0.851. The number of hydrogen-bond acceptors (Lipinski definition) is 2. The van der Waals surface area contributed by atoms with Gasteiger partial charge >= 0.3 is 0 Å². The largest absolute Gasteiger partial charge is 0.330 e. The molecular weight excluding hydrogens is 232 g/mol. The Labute approximate surface area is 118 Å². The van der Waals surface area contributed by atoms with Gasteiger partial charge in [-0.1, -0.05) is 30.3 Å². The summed E-state index contributed by atoms with van der Waals surface area (Å²) < 4.78 is 0. The summed E-state index contributed by atoms with van der Waals surface area (Å²) >= 11 is 0. The Balaban J connectivity index is 1.73. The van der Waals surface area contributed by atoms with Crippen molar-refractivity contribution in [1.82, 2.24) is 4.90 Å². The number of nitrogens with zero attached hydrogens (tertiary/aromatic N) is 1. The van der Waals surface area contributed by atoms with E-state index in [1.165, 1.54) is 44.3 Å². The summed E-state index contributed by atoms with van der Waals surface area (Å²) in [6, 6.07) is 11.6. The Morgan fingerprint density at radius 2 is 1.89 bits per heavy atom. The molecule has 106 valence electrons. The normalized spacial score (nSPS) is 19.5. The number of likely N-dealkylation sites (tertiary alicyclic amines) is 1. The Hall–Kier alpha value is -0.860. The zero-order valence-electron chi connectivity index (χ0n) is 12.2. The van der Waals surface area contributed by atoms with Crippen molar-refractivity contribution in [2.75, 3.05) is 19.6 Å². The maximum Gasteiger partial charge on any atom is 0.00674 e. The van der Waals surface area contributed by atoms with Gasteiger partial charge in [0.15, 0.2) is 0 Å². The highest BCUT2D eigenvalue weighted by atomic mass is 15.2. The first-order valence-electron chi connectivity index (χ1n) is 7.77. The Bertz CT molecular complexity index is 342. The van der Waals surface area contributed by atoms with Crippen molar-refractivity contribution in [1.29, 1.82) is 0 Å². The van der Waals surface area contributed by atoms with E-state index in [0.717, 1.165) is 18.9 Å². The summed E-state index contributed by atoms with van der Waals surface area (Å²) in [5, 5.41) is 0. The molecule has 1 aromatic carbocycles. The molecule has 0 aliphatic carbocycles. The molecule has 0 amide bonds. The van der Waals surface area contributed by atoms with Crippen LogP contribution >= 0.6 is 0 Å². The lowest BCUT2D eigenvalue weighted by Gasteiger charge is -2.36. The topological polar surface area (TPSA) is 29.3 Å². The highest BCUT2D eigenvalue weighted by Crippen LogP contribution is 2.23. The number of rotatable bonds is 6. The van der Waals surface area contributed by atoms with Crippen LogP contribution in [-0.2, 0) is 6.42 Å². The maximum absolute atomic E-state index is 5.60. The average Bonchev–Trinajstić information content (AvgIpc) is 2.46. The van der Waals surface area contributed by atoms with E-state index in [9.17, 15) is 0 Å². The second-order valence-corrected chi connectivity index (χ2v) is 5.95. The lowest BCUT2D eigenvalue weighted by molar-refractivity contribution is 0.134. The van der Waals surface area contributed by atoms with Crippen LogP contribution in [0, 0.1) is 5.92 Å². The fraction of sp³-hybridized carbons (Fsp3) is 0.647. The van der Waals surface area contributed by atoms with Crippen molar-refractivity contribution in [3.63, 3.8) is 0 Å². The predicted octanol–water partition coefficient (Wildman–Crippen LogP) is 3.07. The Morgan fingerprint density at radius 3 is 2.53 bits per heavy atom. The van der Waals surface area contributed by atoms with Crippen LogP contribution in [-0.4, -0.2) is 30.6 Å². The molecule has 1 aliphatic heterocycles.